The number of hydrogen-bond donors (Lipinski definition) is 1. The summed E-state index contributed by atoms with van der Waals surface area (Å²) < 4.78 is 21.7. The van der Waals surface area contributed by atoms with Crippen LogP contribution in [0.2, 0.25) is 0 Å². The van der Waals surface area contributed by atoms with E-state index >= 15 is 0 Å². The Labute approximate surface area is 155 Å². The van der Waals surface area contributed by atoms with Gasteiger partial charge in [0, 0.05) is 5.56 Å². The summed E-state index contributed by atoms with van der Waals surface area (Å²) in [5.41, 5.74) is 6.02. The lowest BCUT2D eigenvalue weighted by atomic mass is 9.94. The van der Waals surface area contributed by atoms with Crippen LogP contribution in [0.1, 0.15) is 30.1 Å². The Bertz CT molecular complexity index is 1010. The third kappa shape index (κ3) is 2.95. The monoisotopic (exact) mass is 366 g/mol. The summed E-state index contributed by atoms with van der Waals surface area (Å²) in [6, 6.07) is 14.1. The van der Waals surface area contributed by atoms with Crippen molar-refractivity contribution >= 4 is 5.91 Å². The number of hydrogen-bond acceptors (Lipinski definition) is 4. The zero-order valence-corrected chi connectivity index (χ0v) is 14.9. The van der Waals surface area contributed by atoms with Crippen LogP contribution in [0, 0.1) is 5.82 Å². The molecule has 1 fully saturated rings. The van der Waals surface area contributed by atoms with E-state index in [0.29, 0.717) is 28.6 Å². The van der Waals surface area contributed by atoms with Gasteiger partial charge in [-0.25, -0.2) is 14.1 Å². The lowest BCUT2D eigenvalue weighted by Crippen LogP contribution is -2.18. The van der Waals surface area contributed by atoms with E-state index in [1.54, 1.807) is 23.9 Å². The van der Waals surface area contributed by atoms with Gasteiger partial charge in [0.15, 0.2) is 5.82 Å². The highest BCUT2D eigenvalue weighted by molar-refractivity contribution is 5.75. The molecule has 1 aliphatic rings. The number of rotatable bonds is 6. The van der Waals surface area contributed by atoms with Crippen LogP contribution in [0.15, 0.2) is 48.5 Å². The van der Waals surface area contributed by atoms with Crippen LogP contribution in [-0.2, 0) is 16.6 Å². The molecule has 1 amide bonds. The fraction of sp³-hybridized carbons (Fsp3) is 0.250. The molecule has 1 heterocycles. The Morgan fingerprint density at radius 2 is 1.93 bits per heavy atom. The van der Waals surface area contributed by atoms with Gasteiger partial charge in [0.1, 0.15) is 23.1 Å². The summed E-state index contributed by atoms with van der Waals surface area (Å²) in [6.07, 6.45) is 1.41. The number of halogens is 1. The van der Waals surface area contributed by atoms with Gasteiger partial charge in [0.25, 0.3) is 0 Å². The second kappa shape index (κ2) is 6.50. The predicted octanol–water partition coefficient (Wildman–Crippen LogP) is 2.52. The first-order valence-electron chi connectivity index (χ1n) is 8.68. The van der Waals surface area contributed by atoms with Crippen LogP contribution < -0.4 is 10.5 Å². The Morgan fingerprint density at radius 3 is 2.59 bits per heavy atom. The van der Waals surface area contributed by atoms with Crippen molar-refractivity contribution in [3.8, 4) is 11.4 Å². The van der Waals surface area contributed by atoms with Gasteiger partial charge in [-0.2, -0.15) is 5.10 Å². The predicted molar refractivity (Wildman–Crippen MR) is 97.2 cm³/mol. The van der Waals surface area contributed by atoms with Gasteiger partial charge in [-0.15, -0.1) is 0 Å². The summed E-state index contributed by atoms with van der Waals surface area (Å²) in [5.74, 6) is 0.716. The third-order valence-corrected chi connectivity index (χ3v) is 4.86. The molecule has 0 bridgehead atoms. The molecular formula is C20H19FN4O2. The van der Waals surface area contributed by atoms with Crippen LogP contribution in [0.25, 0.3) is 5.69 Å². The molecule has 4 rings (SSSR count). The first kappa shape index (κ1) is 17.2. The molecule has 1 aromatic heterocycles. The van der Waals surface area contributed by atoms with Crippen molar-refractivity contribution in [2.75, 3.05) is 7.11 Å². The number of amides is 1. The maximum Gasteiger partial charge on any atom is 0.225 e. The molecule has 3 aromatic rings. The Balaban J connectivity index is 1.91. The highest BCUT2D eigenvalue weighted by Crippen LogP contribution is 2.54. The summed E-state index contributed by atoms with van der Waals surface area (Å²) in [6.45, 7) is 0. The van der Waals surface area contributed by atoms with Crippen molar-refractivity contribution < 1.29 is 13.9 Å². The van der Waals surface area contributed by atoms with Gasteiger partial charge in [0.2, 0.25) is 5.91 Å². The van der Waals surface area contributed by atoms with Crippen LogP contribution in [0.4, 0.5) is 4.39 Å². The second-order valence-corrected chi connectivity index (χ2v) is 6.64. The molecule has 27 heavy (non-hydrogen) atoms. The average Bonchev–Trinajstić information content (AvgIpc) is 3.36. The maximum atomic E-state index is 14.6. The fourth-order valence-corrected chi connectivity index (χ4v) is 3.46. The Kier molecular flexibility index (Phi) is 4.14. The van der Waals surface area contributed by atoms with E-state index in [2.05, 4.69) is 10.1 Å². The number of nitrogens with two attached hydrogens (primary N) is 1. The summed E-state index contributed by atoms with van der Waals surface area (Å²) in [5, 5.41) is 4.49. The van der Waals surface area contributed by atoms with Crippen molar-refractivity contribution in [3.63, 3.8) is 0 Å². The van der Waals surface area contributed by atoms with Gasteiger partial charge in [-0.1, -0.05) is 30.3 Å². The molecule has 0 saturated heterocycles. The van der Waals surface area contributed by atoms with Crippen molar-refractivity contribution in [2.45, 2.75) is 24.7 Å². The standard InChI is InChI=1S/C20H19FN4O2/c1-27-16-9-5-4-8-15(16)25-19(23-18(24-25)12-17(22)26)20(10-11-20)13-6-2-3-7-14(13)21/h2-9H,10-12H2,1H3,(H2,22,26). The molecule has 2 N–H and O–H groups in total. The van der Waals surface area contributed by atoms with E-state index in [1.165, 1.54) is 6.07 Å². The SMILES string of the molecule is COc1ccccc1-n1nc(CC(N)=O)nc1C1(c2ccccc2F)CC1. The minimum absolute atomic E-state index is 0.0809. The number of benzene rings is 2. The smallest absolute Gasteiger partial charge is 0.225 e. The Morgan fingerprint density at radius 1 is 1.22 bits per heavy atom. The lowest BCUT2D eigenvalue weighted by molar-refractivity contribution is -0.117. The van der Waals surface area contributed by atoms with Gasteiger partial charge in [0.05, 0.1) is 18.9 Å². The number of carbonyl (C=O) groups is 1. The van der Waals surface area contributed by atoms with Crippen molar-refractivity contribution in [1.82, 2.24) is 14.8 Å². The zero-order valence-electron chi connectivity index (χ0n) is 14.9. The molecule has 0 spiro atoms. The molecule has 1 aliphatic carbocycles. The largest absolute Gasteiger partial charge is 0.494 e. The average molecular weight is 366 g/mol. The van der Waals surface area contributed by atoms with E-state index in [-0.39, 0.29) is 12.2 Å². The van der Waals surface area contributed by atoms with Crippen molar-refractivity contribution in [3.05, 3.63) is 71.6 Å². The number of carbonyl (C=O) groups excluding carboxylic acids is 1. The normalized spacial score (nSPS) is 14.7. The van der Waals surface area contributed by atoms with Gasteiger partial charge < -0.3 is 10.5 Å². The molecule has 138 valence electrons. The third-order valence-electron chi connectivity index (χ3n) is 4.86. The molecular weight excluding hydrogens is 347 g/mol. The van der Waals surface area contributed by atoms with Crippen LogP contribution in [0.5, 0.6) is 5.75 Å². The number of primary amides is 1. The van der Waals surface area contributed by atoms with Crippen LogP contribution in [-0.4, -0.2) is 27.8 Å². The van der Waals surface area contributed by atoms with E-state index in [9.17, 15) is 9.18 Å². The first-order chi connectivity index (χ1) is 13.0. The zero-order chi connectivity index (χ0) is 19.0. The number of nitrogens with zero attached hydrogens (tertiary/aromatic N) is 3. The summed E-state index contributed by atoms with van der Waals surface area (Å²) >= 11 is 0. The summed E-state index contributed by atoms with van der Waals surface area (Å²) in [4.78, 5) is 16.0. The van der Waals surface area contributed by atoms with Crippen LogP contribution in [0.3, 0.4) is 0 Å². The molecule has 7 heteroatoms. The lowest BCUT2D eigenvalue weighted by Gasteiger charge is -2.18. The molecule has 1 saturated carbocycles. The molecule has 0 atom stereocenters. The second-order valence-electron chi connectivity index (χ2n) is 6.64. The van der Waals surface area contributed by atoms with E-state index < -0.39 is 11.3 Å². The molecule has 6 nitrogen and oxygen atoms in total. The van der Waals surface area contributed by atoms with Crippen molar-refractivity contribution in [2.24, 2.45) is 5.73 Å². The van der Waals surface area contributed by atoms with Crippen LogP contribution >= 0.6 is 0 Å². The van der Waals surface area contributed by atoms with Gasteiger partial charge in [-0.3, -0.25) is 4.79 Å². The minimum atomic E-state index is -0.574. The van der Waals surface area contributed by atoms with E-state index in [0.717, 1.165) is 12.8 Å². The number of ether oxygens (including phenoxy) is 1. The highest BCUT2D eigenvalue weighted by atomic mass is 19.1. The number of methoxy groups -OCH3 is 1. The Hall–Kier alpha value is -3.22. The molecule has 0 unspecified atom stereocenters. The topological polar surface area (TPSA) is 83.0 Å². The molecule has 0 radical (unpaired) electrons. The number of aromatic nitrogens is 3. The molecule has 2 aromatic carbocycles. The fourth-order valence-electron chi connectivity index (χ4n) is 3.46. The number of para-hydroxylation sites is 2. The van der Waals surface area contributed by atoms with Gasteiger partial charge in [-0.05, 0) is 31.0 Å². The first-order valence-corrected chi connectivity index (χ1v) is 8.68. The van der Waals surface area contributed by atoms with E-state index in [4.69, 9.17) is 10.5 Å². The minimum Gasteiger partial charge on any atom is -0.494 e. The molecule has 0 aliphatic heterocycles. The van der Waals surface area contributed by atoms with Gasteiger partial charge >= 0.3 is 0 Å². The van der Waals surface area contributed by atoms with E-state index in [1.807, 2.05) is 30.3 Å². The highest BCUT2D eigenvalue weighted by Gasteiger charge is 2.52. The maximum absolute atomic E-state index is 14.6. The van der Waals surface area contributed by atoms with Crippen molar-refractivity contribution in [1.29, 1.82) is 0 Å². The summed E-state index contributed by atoms with van der Waals surface area (Å²) in [7, 11) is 1.57. The quantitative estimate of drug-likeness (QED) is 0.727.